The number of anilines is 1. The van der Waals surface area contributed by atoms with Crippen molar-refractivity contribution in [1.29, 1.82) is 0 Å². The smallest absolute Gasteiger partial charge is 0.222 e. The molecule has 2 fully saturated rings. The van der Waals surface area contributed by atoms with Crippen LogP contribution in [0.2, 0.25) is 0 Å². The third-order valence-corrected chi connectivity index (χ3v) is 5.98. The van der Waals surface area contributed by atoms with Gasteiger partial charge in [0.05, 0.1) is 10.2 Å². The first-order valence-electron chi connectivity index (χ1n) is 8.73. The average molecular weight is 418 g/mol. The van der Waals surface area contributed by atoms with Crippen LogP contribution in [-0.2, 0) is 4.79 Å². The minimum atomic E-state index is 0. The van der Waals surface area contributed by atoms with Crippen LogP contribution in [0.15, 0.2) is 17.8 Å². The molecule has 2 aliphatic rings. The fourth-order valence-electron chi connectivity index (χ4n) is 3.62. The number of nitrogens with zero attached hydrogens (tertiary/aromatic N) is 4. The summed E-state index contributed by atoms with van der Waals surface area (Å²) >= 11 is 1.68. The summed E-state index contributed by atoms with van der Waals surface area (Å²) in [5.41, 5.74) is 1.01. The van der Waals surface area contributed by atoms with Gasteiger partial charge in [0.15, 0.2) is 0 Å². The van der Waals surface area contributed by atoms with E-state index in [0.29, 0.717) is 18.2 Å². The van der Waals surface area contributed by atoms with Gasteiger partial charge in [-0.2, -0.15) is 0 Å². The first-order valence-corrected chi connectivity index (χ1v) is 9.61. The molecule has 0 spiro atoms. The van der Waals surface area contributed by atoms with E-state index in [1.807, 2.05) is 11.0 Å². The highest BCUT2D eigenvalue weighted by Crippen LogP contribution is 2.28. The van der Waals surface area contributed by atoms with Gasteiger partial charge in [-0.05, 0) is 43.3 Å². The summed E-state index contributed by atoms with van der Waals surface area (Å²) in [6.07, 6.45) is 4.56. The minimum absolute atomic E-state index is 0. The monoisotopic (exact) mass is 417 g/mol. The Balaban J connectivity index is 0.00000121. The minimum Gasteiger partial charge on any atom is -0.352 e. The van der Waals surface area contributed by atoms with Gasteiger partial charge in [0, 0.05) is 32.6 Å². The molecule has 2 aromatic rings. The zero-order valence-corrected chi connectivity index (χ0v) is 17.0. The van der Waals surface area contributed by atoms with Gasteiger partial charge < -0.3 is 15.1 Å². The van der Waals surface area contributed by atoms with Crippen LogP contribution in [0, 0.1) is 5.92 Å². The van der Waals surface area contributed by atoms with Gasteiger partial charge in [-0.3, -0.25) is 4.79 Å². The Kier molecular flexibility index (Phi) is 7.88. The van der Waals surface area contributed by atoms with Crippen LogP contribution in [-0.4, -0.2) is 60.0 Å². The van der Waals surface area contributed by atoms with E-state index in [9.17, 15) is 4.79 Å². The van der Waals surface area contributed by atoms with E-state index in [1.165, 1.54) is 6.42 Å². The van der Waals surface area contributed by atoms with Gasteiger partial charge in [-0.25, -0.2) is 9.97 Å². The fraction of sp³-hybridized carbons (Fsp3) is 0.588. The van der Waals surface area contributed by atoms with Crippen molar-refractivity contribution in [2.45, 2.75) is 19.3 Å². The maximum atomic E-state index is 12.4. The number of hydrogen-bond acceptors (Lipinski definition) is 6. The Morgan fingerprint density at radius 2 is 2.04 bits per heavy atom. The number of thiophene rings is 1. The van der Waals surface area contributed by atoms with E-state index in [1.54, 1.807) is 17.7 Å². The highest BCUT2D eigenvalue weighted by Gasteiger charge is 2.24. The molecule has 4 heterocycles. The summed E-state index contributed by atoms with van der Waals surface area (Å²) in [4.78, 5) is 25.5. The molecule has 0 saturated carbocycles. The normalized spacial score (nSPS) is 19.9. The zero-order valence-electron chi connectivity index (χ0n) is 14.6. The maximum Gasteiger partial charge on any atom is 0.222 e. The molecule has 6 nitrogen and oxygen atoms in total. The molecule has 2 aliphatic heterocycles. The van der Waals surface area contributed by atoms with Crippen molar-refractivity contribution in [1.82, 2.24) is 20.2 Å². The van der Waals surface area contributed by atoms with Gasteiger partial charge in [0.2, 0.25) is 5.91 Å². The molecular formula is C17H25Cl2N5OS. The highest BCUT2D eigenvalue weighted by atomic mass is 35.5. The van der Waals surface area contributed by atoms with E-state index >= 15 is 0 Å². The Morgan fingerprint density at radius 1 is 1.23 bits per heavy atom. The third kappa shape index (κ3) is 4.57. The van der Waals surface area contributed by atoms with E-state index in [-0.39, 0.29) is 24.8 Å². The zero-order chi connectivity index (χ0) is 16.4. The van der Waals surface area contributed by atoms with E-state index in [4.69, 9.17) is 0 Å². The Labute approximate surface area is 170 Å². The fourth-order valence-corrected chi connectivity index (χ4v) is 4.48. The van der Waals surface area contributed by atoms with Crippen LogP contribution in [0.5, 0.6) is 0 Å². The van der Waals surface area contributed by atoms with Crippen molar-refractivity contribution in [3.05, 3.63) is 17.8 Å². The summed E-state index contributed by atoms with van der Waals surface area (Å²) in [7, 11) is 0. The number of aromatic nitrogens is 2. The SMILES string of the molecule is Cl.Cl.O=C(CCC1CCNC1)N1CCN(c2ncnc3ccsc23)CC1. The predicted molar refractivity (Wildman–Crippen MR) is 111 cm³/mol. The molecule has 144 valence electrons. The second-order valence-corrected chi connectivity index (χ2v) is 7.51. The first-order chi connectivity index (χ1) is 11.8. The molecule has 0 aromatic carbocycles. The third-order valence-electron chi connectivity index (χ3n) is 5.09. The van der Waals surface area contributed by atoms with Crippen LogP contribution < -0.4 is 10.2 Å². The van der Waals surface area contributed by atoms with Gasteiger partial charge in [-0.1, -0.05) is 0 Å². The second kappa shape index (κ2) is 9.69. The molecule has 1 atom stereocenters. The largest absolute Gasteiger partial charge is 0.352 e. The molecule has 2 aromatic heterocycles. The summed E-state index contributed by atoms with van der Waals surface area (Å²) < 4.78 is 1.14. The lowest BCUT2D eigenvalue weighted by atomic mass is 10.0. The number of halogens is 2. The Morgan fingerprint density at radius 3 is 2.77 bits per heavy atom. The van der Waals surface area contributed by atoms with Gasteiger partial charge in [0.1, 0.15) is 12.1 Å². The quantitative estimate of drug-likeness (QED) is 0.827. The Bertz CT molecular complexity index is 714. The molecule has 0 bridgehead atoms. The molecule has 1 unspecified atom stereocenters. The van der Waals surface area contributed by atoms with E-state index in [2.05, 4.69) is 25.6 Å². The van der Waals surface area contributed by atoms with Crippen molar-refractivity contribution in [3.8, 4) is 0 Å². The molecule has 2 saturated heterocycles. The summed E-state index contributed by atoms with van der Waals surface area (Å²) in [6.45, 7) is 5.46. The van der Waals surface area contributed by atoms with Crippen LogP contribution in [0.4, 0.5) is 5.82 Å². The number of nitrogens with one attached hydrogen (secondary N) is 1. The number of fused-ring (bicyclic) bond motifs is 1. The number of carbonyl (C=O) groups is 1. The molecule has 9 heteroatoms. The molecule has 26 heavy (non-hydrogen) atoms. The molecule has 0 radical (unpaired) electrons. The lowest BCUT2D eigenvalue weighted by Crippen LogP contribution is -2.49. The average Bonchev–Trinajstić information content (AvgIpc) is 3.31. The van der Waals surface area contributed by atoms with Crippen LogP contribution in [0.1, 0.15) is 19.3 Å². The van der Waals surface area contributed by atoms with Crippen molar-refractivity contribution >= 4 is 58.1 Å². The van der Waals surface area contributed by atoms with E-state index in [0.717, 1.165) is 61.7 Å². The molecule has 1 amide bonds. The van der Waals surface area contributed by atoms with Crippen molar-refractivity contribution in [2.24, 2.45) is 5.92 Å². The number of amides is 1. The van der Waals surface area contributed by atoms with Crippen LogP contribution in [0.3, 0.4) is 0 Å². The number of piperazine rings is 1. The van der Waals surface area contributed by atoms with Crippen molar-refractivity contribution in [2.75, 3.05) is 44.2 Å². The Hall–Kier alpha value is -1.15. The standard InChI is InChI=1S/C17H23N5OS.2ClH/c23-15(2-1-13-3-5-18-11-13)21-6-8-22(9-7-21)17-16-14(4-10-24-16)19-12-20-17;;/h4,10,12-13,18H,1-3,5-9,11H2;2*1H. The maximum absolute atomic E-state index is 12.4. The summed E-state index contributed by atoms with van der Waals surface area (Å²) in [6, 6.07) is 2.03. The molecule has 1 N–H and O–H groups in total. The van der Waals surface area contributed by atoms with Crippen molar-refractivity contribution < 1.29 is 4.79 Å². The van der Waals surface area contributed by atoms with Gasteiger partial charge >= 0.3 is 0 Å². The van der Waals surface area contributed by atoms with E-state index < -0.39 is 0 Å². The molecule has 4 rings (SSSR count). The predicted octanol–water partition coefficient (Wildman–Crippen LogP) is 2.57. The second-order valence-electron chi connectivity index (χ2n) is 6.60. The van der Waals surface area contributed by atoms with Crippen LogP contribution in [0.25, 0.3) is 10.2 Å². The lowest BCUT2D eigenvalue weighted by molar-refractivity contribution is -0.131. The first kappa shape index (κ1) is 21.2. The summed E-state index contributed by atoms with van der Waals surface area (Å²) in [5, 5.41) is 5.43. The van der Waals surface area contributed by atoms with Gasteiger partial charge in [-0.15, -0.1) is 36.2 Å². The summed E-state index contributed by atoms with van der Waals surface area (Å²) in [5.74, 6) is 2.01. The number of hydrogen-bond donors (Lipinski definition) is 1. The molecular weight excluding hydrogens is 393 g/mol. The number of rotatable bonds is 4. The van der Waals surface area contributed by atoms with Crippen LogP contribution >= 0.6 is 36.2 Å². The lowest BCUT2D eigenvalue weighted by Gasteiger charge is -2.35. The number of carbonyl (C=O) groups excluding carboxylic acids is 1. The molecule has 0 aliphatic carbocycles. The van der Waals surface area contributed by atoms with Crippen molar-refractivity contribution in [3.63, 3.8) is 0 Å². The topological polar surface area (TPSA) is 61.4 Å². The van der Waals surface area contributed by atoms with Gasteiger partial charge in [0.25, 0.3) is 0 Å². The highest BCUT2D eigenvalue weighted by molar-refractivity contribution is 7.17.